The van der Waals surface area contributed by atoms with Gasteiger partial charge in [-0.15, -0.1) is 0 Å². The second kappa shape index (κ2) is 8.68. The van der Waals surface area contributed by atoms with Crippen LogP contribution >= 0.6 is 0 Å². The van der Waals surface area contributed by atoms with E-state index >= 15 is 0 Å². The monoisotopic (exact) mass is 344 g/mol. The molecule has 1 atom stereocenters. The molecular weight excluding hydrogens is 316 g/mol. The van der Waals surface area contributed by atoms with Crippen LogP contribution in [0.4, 0.5) is 5.69 Å². The van der Waals surface area contributed by atoms with Crippen LogP contribution in [0.5, 0.6) is 0 Å². The number of nitrogens with zero attached hydrogens (tertiary/aromatic N) is 1. The second-order valence-corrected chi connectivity index (χ2v) is 6.99. The van der Waals surface area contributed by atoms with Crippen LogP contribution in [0.25, 0.3) is 0 Å². The van der Waals surface area contributed by atoms with Gasteiger partial charge in [0.15, 0.2) is 0 Å². The third kappa shape index (κ3) is 4.74. The zero-order chi connectivity index (χ0) is 18.4. The van der Waals surface area contributed by atoms with Crippen molar-refractivity contribution >= 4 is 5.69 Å². The molecule has 0 aromatic heterocycles. The van der Waals surface area contributed by atoms with Crippen molar-refractivity contribution in [2.24, 2.45) is 0 Å². The molecule has 2 nitrogen and oxygen atoms in total. The van der Waals surface area contributed by atoms with Crippen molar-refractivity contribution in [1.29, 1.82) is 0 Å². The Balaban J connectivity index is 1.69. The van der Waals surface area contributed by atoms with Gasteiger partial charge in [-0.3, -0.25) is 4.90 Å². The van der Waals surface area contributed by atoms with Gasteiger partial charge in [-0.05, 0) is 49.2 Å². The van der Waals surface area contributed by atoms with Crippen molar-refractivity contribution in [2.75, 3.05) is 12.4 Å². The predicted octanol–water partition coefficient (Wildman–Crippen LogP) is 5.80. The fourth-order valence-corrected chi connectivity index (χ4v) is 3.15. The summed E-state index contributed by atoms with van der Waals surface area (Å²) >= 11 is 0. The molecule has 2 heteroatoms. The summed E-state index contributed by atoms with van der Waals surface area (Å²) in [5.41, 5.74) is 6.47. The molecule has 3 rings (SSSR count). The van der Waals surface area contributed by atoms with Gasteiger partial charge in [0.1, 0.15) is 0 Å². The van der Waals surface area contributed by atoms with E-state index in [1.807, 2.05) is 0 Å². The van der Waals surface area contributed by atoms with Gasteiger partial charge in [0, 0.05) is 24.8 Å². The Morgan fingerprint density at radius 1 is 0.846 bits per heavy atom. The van der Waals surface area contributed by atoms with E-state index in [-0.39, 0.29) is 0 Å². The first-order chi connectivity index (χ1) is 12.6. The minimum atomic E-state index is 0.355. The van der Waals surface area contributed by atoms with Gasteiger partial charge < -0.3 is 5.32 Å². The first kappa shape index (κ1) is 18.2. The number of rotatable bonds is 7. The summed E-state index contributed by atoms with van der Waals surface area (Å²) in [7, 11) is 2.19. The normalized spacial score (nSPS) is 12.2. The highest BCUT2D eigenvalue weighted by molar-refractivity contribution is 5.53. The Bertz CT molecular complexity index is 812. The molecule has 1 N–H and O–H groups in total. The van der Waals surface area contributed by atoms with Crippen molar-refractivity contribution in [3.8, 4) is 0 Å². The lowest BCUT2D eigenvalue weighted by molar-refractivity contribution is 0.253. The molecule has 0 saturated heterocycles. The maximum absolute atomic E-state index is 3.59. The molecule has 0 aliphatic heterocycles. The Morgan fingerprint density at radius 3 is 2.12 bits per heavy atom. The number of aryl methyl sites for hydroxylation is 1. The molecular formula is C24H28N2. The average Bonchev–Trinajstić information content (AvgIpc) is 2.68. The lowest BCUT2D eigenvalue weighted by Gasteiger charge is -2.26. The highest BCUT2D eigenvalue weighted by Gasteiger charge is 2.13. The molecule has 0 spiro atoms. The maximum Gasteiger partial charge on any atom is 0.0400 e. The predicted molar refractivity (Wildman–Crippen MR) is 111 cm³/mol. The van der Waals surface area contributed by atoms with Crippen LogP contribution in [0, 0.1) is 6.92 Å². The summed E-state index contributed by atoms with van der Waals surface area (Å²) in [5.74, 6) is 0. The molecule has 0 aliphatic rings. The highest BCUT2D eigenvalue weighted by atomic mass is 15.1. The molecule has 0 saturated carbocycles. The number of hydrogen-bond donors (Lipinski definition) is 1. The molecule has 0 radical (unpaired) electrons. The summed E-state index contributed by atoms with van der Waals surface area (Å²) < 4.78 is 0. The lowest BCUT2D eigenvalue weighted by Crippen LogP contribution is -2.22. The second-order valence-electron chi connectivity index (χ2n) is 6.99. The Kier molecular flexibility index (Phi) is 6.08. The van der Waals surface area contributed by atoms with E-state index in [4.69, 9.17) is 0 Å². The summed E-state index contributed by atoms with van der Waals surface area (Å²) in [6, 6.07) is 28.3. The van der Waals surface area contributed by atoms with Crippen molar-refractivity contribution in [3.63, 3.8) is 0 Å². The standard InChI is InChI=1S/C24H28N2/c1-19-14-15-23(16-24(19)25-17-21-10-6-4-7-11-21)20(2)26(3)18-22-12-8-5-9-13-22/h4-16,20,25H,17-18H2,1-3H3. The van der Waals surface area contributed by atoms with Crippen LogP contribution in [0.2, 0.25) is 0 Å². The SMILES string of the molecule is Cc1ccc(C(C)N(C)Cc2ccccc2)cc1NCc1ccccc1. The average molecular weight is 345 g/mol. The van der Waals surface area contributed by atoms with E-state index in [1.165, 1.54) is 27.9 Å². The van der Waals surface area contributed by atoms with Crippen molar-refractivity contribution in [1.82, 2.24) is 4.90 Å². The lowest BCUT2D eigenvalue weighted by atomic mass is 10.0. The molecule has 0 aliphatic carbocycles. The van der Waals surface area contributed by atoms with Crippen molar-refractivity contribution < 1.29 is 0 Å². The zero-order valence-corrected chi connectivity index (χ0v) is 15.9. The van der Waals surface area contributed by atoms with Gasteiger partial charge in [0.05, 0.1) is 0 Å². The van der Waals surface area contributed by atoms with Gasteiger partial charge in [-0.25, -0.2) is 0 Å². The van der Waals surface area contributed by atoms with Gasteiger partial charge in [-0.2, -0.15) is 0 Å². The largest absolute Gasteiger partial charge is 0.381 e. The quantitative estimate of drug-likeness (QED) is 0.582. The Labute approximate surface area is 157 Å². The van der Waals surface area contributed by atoms with Crippen LogP contribution in [-0.2, 0) is 13.1 Å². The summed E-state index contributed by atoms with van der Waals surface area (Å²) in [5, 5.41) is 3.59. The van der Waals surface area contributed by atoms with E-state index in [0.717, 1.165) is 13.1 Å². The molecule has 134 valence electrons. The highest BCUT2D eigenvalue weighted by Crippen LogP contribution is 2.26. The minimum absolute atomic E-state index is 0.355. The topological polar surface area (TPSA) is 15.3 Å². The fraction of sp³-hybridized carbons (Fsp3) is 0.250. The number of hydrogen-bond acceptors (Lipinski definition) is 2. The Morgan fingerprint density at radius 2 is 1.46 bits per heavy atom. The van der Waals surface area contributed by atoms with E-state index in [9.17, 15) is 0 Å². The smallest absolute Gasteiger partial charge is 0.0400 e. The first-order valence-electron chi connectivity index (χ1n) is 9.26. The van der Waals surface area contributed by atoms with Crippen LogP contribution in [-0.4, -0.2) is 11.9 Å². The molecule has 3 aromatic carbocycles. The van der Waals surface area contributed by atoms with E-state index in [1.54, 1.807) is 0 Å². The summed E-state index contributed by atoms with van der Waals surface area (Å²) in [4.78, 5) is 2.39. The number of anilines is 1. The molecule has 0 fully saturated rings. The van der Waals surface area contributed by atoms with Crippen molar-refractivity contribution in [2.45, 2.75) is 33.0 Å². The minimum Gasteiger partial charge on any atom is -0.381 e. The van der Waals surface area contributed by atoms with Crippen LogP contribution in [0.1, 0.15) is 35.2 Å². The Hall–Kier alpha value is -2.58. The first-order valence-corrected chi connectivity index (χ1v) is 9.26. The summed E-state index contributed by atoms with van der Waals surface area (Å²) in [6.07, 6.45) is 0. The molecule has 3 aromatic rings. The van der Waals surface area contributed by atoms with Gasteiger partial charge in [-0.1, -0.05) is 72.8 Å². The van der Waals surface area contributed by atoms with Crippen LogP contribution in [0.3, 0.4) is 0 Å². The van der Waals surface area contributed by atoms with Gasteiger partial charge >= 0.3 is 0 Å². The van der Waals surface area contributed by atoms with Gasteiger partial charge in [0.25, 0.3) is 0 Å². The van der Waals surface area contributed by atoms with Crippen molar-refractivity contribution in [3.05, 3.63) is 101 Å². The zero-order valence-electron chi connectivity index (χ0n) is 15.9. The van der Waals surface area contributed by atoms with E-state index in [2.05, 4.69) is 110 Å². The maximum atomic E-state index is 3.59. The van der Waals surface area contributed by atoms with Crippen LogP contribution in [0.15, 0.2) is 78.9 Å². The summed E-state index contributed by atoms with van der Waals surface area (Å²) in [6.45, 7) is 6.23. The third-order valence-electron chi connectivity index (χ3n) is 5.01. The molecule has 0 bridgehead atoms. The number of nitrogens with one attached hydrogen (secondary N) is 1. The van der Waals surface area contributed by atoms with Crippen LogP contribution < -0.4 is 5.32 Å². The molecule has 1 unspecified atom stereocenters. The van der Waals surface area contributed by atoms with Gasteiger partial charge in [0.2, 0.25) is 0 Å². The van der Waals surface area contributed by atoms with E-state index in [0.29, 0.717) is 6.04 Å². The fourth-order valence-electron chi connectivity index (χ4n) is 3.15. The molecule has 26 heavy (non-hydrogen) atoms. The number of benzene rings is 3. The van der Waals surface area contributed by atoms with E-state index < -0.39 is 0 Å². The third-order valence-corrected chi connectivity index (χ3v) is 5.01. The molecule has 0 amide bonds. The molecule has 0 heterocycles.